The summed E-state index contributed by atoms with van der Waals surface area (Å²) in [6.45, 7) is 2.60. The minimum Gasteiger partial charge on any atom is -0.462 e. The molecule has 4 unspecified atom stereocenters. The number of esters is 2. The number of ether oxygens (including phenoxy) is 6. The Bertz CT molecular complexity index is 1310. The van der Waals surface area contributed by atoms with Crippen LogP contribution in [-0.2, 0) is 38.0 Å². The van der Waals surface area contributed by atoms with Crippen LogP contribution in [0.2, 0.25) is 0 Å². The number of unbranched alkanes of at least 4 members (excludes halogenated alkanes) is 26. The molecule has 0 aromatic heterocycles. The highest BCUT2D eigenvalue weighted by Crippen LogP contribution is 2.27. The quantitative estimate of drug-likeness (QED) is 0.0172. The number of aliphatic hydroxyl groups excluding tert-OH is 7. The molecule has 2 saturated heterocycles. The van der Waals surface area contributed by atoms with Gasteiger partial charge in [0.2, 0.25) is 0 Å². The number of hydrogen-bond acceptors (Lipinski definition) is 15. The van der Waals surface area contributed by atoms with Gasteiger partial charge in [0.15, 0.2) is 18.7 Å². The molecule has 0 aliphatic carbocycles. The molecule has 410 valence electrons. The van der Waals surface area contributed by atoms with Crippen LogP contribution in [0.1, 0.15) is 219 Å². The Kier molecular flexibility index (Phi) is 38.8. The van der Waals surface area contributed by atoms with Crippen LogP contribution in [-0.4, -0.2) is 142 Å². The molecule has 2 aliphatic rings. The number of aliphatic hydroxyl groups is 7. The van der Waals surface area contributed by atoms with Crippen molar-refractivity contribution in [1.29, 1.82) is 0 Å². The first-order valence-corrected chi connectivity index (χ1v) is 27.9. The van der Waals surface area contributed by atoms with Crippen LogP contribution in [0.25, 0.3) is 0 Å². The Hall–Kier alpha value is -2.02. The SMILES string of the molecule is CCCCCCCC/C=C/CCCCCCCCCC(=O)OC[C@@H](CO[C@@H]1O[C@H](CO[C@@H]2O[C@H](CO)[C@H](O)C(O)C2O)[C@H](O)C(O)C1O)OC(=O)CCCCCCCCC/C=C/CCCCCCCC. The fourth-order valence-corrected chi connectivity index (χ4v) is 8.80. The van der Waals surface area contributed by atoms with Crippen molar-refractivity contribution in [3.05, 3.63) is 24.3 Å². The lowest BCUT2D eigenvalue weighted by Crippen LogP contribution is -2.61. The third-order valence-corrected chi connectivity index (χ3v) is 13.4. The Labute approximate surface area is 422 Å². The van der Waals surface area contributed by atoms with Gasteiger partial charge in [-0.2, -0.15) is 0 Å². The van der Waals surface area contributed by atoms with Crippen molar-refractivity contribution >= 4 is 11.9 Å². The molecule has 15 nitrogen and oxygen atoms in total. The second kappa shape index (κ2) is 42.3. The average Bonchev–Trinajstić information content (AvgIpc) is 3.35. The number of allylic oxidation sites excluding steroid dienone is 4. The number of rotatable bonds is 44. The predicted molar refractivity (Wildman–Crippen MR) is 271 cm³/mol. The van der Waals surface area contributed by atoms with Gasteiger partial charge in [-0.05, 0) is 64.2 Å². The van der Waals surface area contributed by atoms with Crippen molar-refractivity contribution in [1.82, 2.24) is 0 Å². The van der Waals surface area contributed by atoms with Gasteiger partial charge in [0, 0.05) is 12.8 Å². The minimum atomic E-state index is -1.76. The molecule has 0 aromatic rings. The summed E-state index contributed by atoms with van der Waals surface area (Å²) >= 11 is 0. The zero-order chi connectivity index (χ0) is 51.0. The van der Waals surface area contributed by atoms with E-state index >= 15 is 0 Å². The normalized spacial score (nSPS) is 25.5. The molecule has 2 fully saturated rings. The van der Waals surface area contributed by atoms with Gasteiger partial charge in [-0.25, -0.2) is 0 Å². The molecule has 15 heteroatoms. The summed E-state index contributed by atoms with van der Waals surface area (Å²) in [4.78, 5) is 25.8. The van der Waals surface area contributed by atoms with Crippen LogP contribution in [0.4, 0.5) is 0 Å². The fourth-order valence-electron chi connectivity index (χ4n) is 8.80. The van der Waals surface area contributed by atoms with Crippen LogP contribution in [0.15, 0.2) is 24.3 Å². The van der Waals surface area contributed by atoms with E-state index in [1.54, 1.807) is 0 Å². The lowest BCUT2D eigenvalue weighted by atomic mass is 9.98. The maximum absolute atomic E-state index is 13.0. The molecule has 2 heterocycles. The molecule has 11 atom stereocenters. The van der Waals surface area contributed by atoms with Crippen LogP contribution < -0.4 is 0 Å². The Balaban J connectivity index is 1.78. The summed E-state index contributed by atoms with van der Waals surface area (Å²) in [5.41, 5.74) is 0. The van der Waals surface area contributed by atoms with Gasteiger partial charge in [0.25, 0.3) is 0 Å². The molecule has 0 bridgehead atoms. The largest absolute Gasteiger partial charge is 0.462 e. The van der Waals surface area contributed by atoms with E-state index in [1.807, 2.05) is 0 Å². The van der Waals surface area contributed by atoms with E-state index in [-0.39, 0.29) is 26.1 Å². The maximum atomic E-state index is 13.0. The minimum absolute atomic E-state index is 0.161. The van der Waals surface area contributed by atoms with Crippen LogP contribution in [0.3, 0.4) is 0 Å². The van der Waals surface area contributed by atoms with Crippen molar-refractivity contribution in [2.24, 2.45) is 0 Å². The van der Waals surface area contributed by atoms with Crippen molar-refractivity contribution in [2.75, 3.05) is 26.4 Å². The molecular weight excluding hydrogens is 901 g/mol. The Morgan fingerprint density at radius 2 is 0.814 bits per heavy atom. The van der Waals surface area contributed by atoms with E-state index in [4.69, 9.17) is 28.4 Å². The highest BCUT2D eigenvalue weighted by molar-refractivity contribution is 5.70. The molecule has 0 radical (unpaired) electrons. The fraction of sp³-hybridized carbons (Fsp3) is 0.891. The van der Waals surface area contributed by atoms with Crippen molar-refractivity contribution in [2.45, 2.75) is 287 Å². The summed E-state index contributed by atoms with van der Waals surface area (Å²) in [5, 5.41) is 72.2. The highest BCUT2D eigenvalue weighted by atomic mass is 16.7. The third kappa shape index (κ3) is 29.6. The molecule has 0 saturated carbocycles. The van der Waals surface area contributed by atoms with Gasteiger partial charge in [-0.3, -0.25) is 9.59 Å². The number of carbonyl (C=O) groups is 2. The molecule has 2 aliphatic heterocycles. The summed E-state index contributed by atoms with van der Waals surface area (Å²) in [6, 6.07) is 0. The van der Waals surface area contributed by atoms with Crippen LogP contribution >= 0.6 is 0 Å². The van der Waals surface area contributed by atoms with Crippen LogP contribution in [0.5, 0.6) is 0 Å². The summed E-state index contributed by atoms with van der Waals surface area (Å²) in [6.07, 6.45) is 27.6. The zero-order valence-electron chi connectivity index (χ0n) is 43.5. The third-order valence-electron chi connectivity index (χ3n) is 13.4. The molecule has 7 N–H and O–H groups in total. The van der Waals surface area contributed by atoms with Gasteiger partial charge in [0.1, 0.15) is 55.4 Å². The average molecular weight is 1000 g/mol. The molecule has 0 spiro atoms. The maximum Gasteiger partial charge on any atom is 0.306 e. The topological polar surface area (TPSA) is 231 Å². The van der Waals surface area contributed by atoms with Gasteiger partial charge in [-0.1, -0.05) is 167 Å². The smallest absolute Gasteiger partial charge is 0.306 e. The van der Waals surface area contributed by atoms with E-state index in [9.17, 15) is 45.3 Å². The Morgan fingerprint density at radius 1 is 0.443 bits per heavy atom. The van der Waals surface area contributed by atoms with E-state index in [1.165, 1.54) is 122 Å². The van der Waals surface area contributed by atoms with Crippen LogP contribution in [0, 0.1) is 0 Å². The van der Waals surface area contributed by atoms with Crippen molar-refractivity contribution < 1.29 is 73.8 Å². The predicted octanol–water partition coefficient (Wildman–Crippen LogP) is 8.72. The second-order valence-electron chi connectivity index (χ2n) is 19.8. The summed E-state index contributed by atoms with van der Waals surface area (Å²) < 4.78 is 33.7. The van der Waals surface area contributed by atoms with Gasteiger partial charge < -0.3 is 64.2 Å². The summed E-state index contributed by atoms with van der Waals surface area (Å²) in [5.74, 6) is -0.927. The van der Waals surface area contributed by atoms with Crippen molar-refractivity contribution in [3.8, 4) is 0 Å². The molecule has 70 heavy (non-hydrogen) atoms. The Morgan fingerprint density at radius 3 is 1.26 bits per heavy atom. The summed E-state index contributed by atoms with van der Waals surface area (Å²) in [7, 11) is 0. The lowest BCUT2D eigenvalue weighted by molar-refractivity contribution is -0.332. The second-order valence-corrected chi connectivity index (χ2v) is 19.8. The first-order chi connectivity index (χ1) is 34.0. The van der Waals surface area contributed by atoms with E-state index in [2.05, 4.69) is 38.2 Å². The molecule has 0 aromatic carbocycles. The lowest BCUT2D eigenvalue weighted by Gasteiger charge is -2.42. The highest BCUT2D eigenvalue weighted by Gasteiger charge is 2.47. The number of carbonyl (C=O) groups excluding carboxylic acids is 2. The molecule has 0 amide bonds. The van der Waals surface area contributed by atoms with Gasteiger partial charge in [-0.15, -0.1) is 0 Å². The standard InChI is InChI=1S/C55H100O15/c1-3-5-7-9-11-13-15-17-19-21-23-25-27-29-31-33-35-37-46(57)65-40-43(68-47(58)38-36-34-32-30-28-26-24-22-20-18-16-14-12-10-8-6-4-2)41-66-54-53(64)51(62)49(60)45(70-54)42-67-55-52(63)50(61)48(59)44(39-56)69-55/h17-20,43-45,48-56,59-64H,3-16,21-42H2,1-2H3/b19-17+,20-18+/t43-,44+,45+,48-,49-,50?,51?,52?,53?,54+,55+/m0/s1. The van der Waals surface area contributed by atoms with E-state index in [0.717, 1.165) is 57.8 Å². The zero-order valence-corrected chi connectivity index (χ0v) is 43.5. The van der Waals surface area contributed by atoms with Gasteiger partial charge in [0.05, 0.1) is 19.8 Å². The van der Waals surface area contributed by atoms with Gasteiger partial charge >= 0.3 is 11.9 Å². The van der Waals surface area contributed by atoms with E-state index in [0.29, 0.717) is 12.8 Å². The monoisotopic (exact) mass is 1000 g/mol. The molecular formula is C55H100O15. The number of hydrogen-bond donors (Lipinski definition) is 7. The first-order valence-electron chi connectivity index (χ1n) is 27.9. The molecule has 2 rings (SSSR count). The van der Waals surface area contributed by atoms with Crippen molar-refractivity contribution in [3.63, 3.8) is 0 Å². The van der Waals surface area contributed by atoms with E-state index < -0.39 is 92.7 Å². The first kappa shape index (κ1) is 64.1.